The molecule has 2 aromatic carbocycles. The Morgan fingerprint density at radius 1 is 1.18 bits per heavy atom. The van der Waals surface area contributed by atoms with Crippen LogP contribution >= 0.6 is 11.3 Å². The zero-order valence-electron chi connectivity index (χ0n) is 17.0. The first kappa shape index (κ1) is 20.1. The Morgan fingerprint density at radius 3 is 2.64 bits per heavy atom. The highest BCUT2D eigenvalue weighted by Crippen LogP contribution is 2.31. The summed E-state index contributed by atoms with van der Waals surface area (Å²) in [4.78, 5) is 17.2. The van der Waals surface area contributed by atoms with E-state index in [4.69, 9.17) is 4.74 Å². The minimum Gasteiger partial charge on any atom is -0.495 e. The van der Waals surface area contributed by atoms with Crippen LogP contribution in [0.25, 0.3) is 10.6 Å². The lowest BCUT2D eigenvalue weighted by atomic mass is 9.87. The summed E-state index contributed by atoms with van der Waals surface area (Å²) in [6.45, 7) is 8.48. The number of hydrogen-bond donors (Lipinski definition) is 1. The molecular weight excluding hydrogens is 368 g/mol. The van der Waals surface area contributed by atoms with Gasteiger partial charge in [-0.3, -0.25) is 4.79 Å². The molecule has 0 atom stereocenters. The molecule has 0 aliphatic rings. The van der Waals surface area contributed by atoms with Gasteiger partial charge in [0.2, 0.25) is 5.91 Å². The van der Waals surface area contributed by atoms with Crippen molar-refractivity contribution in [3.63, 3.8) is 0 Å². The van der Waals surface area contributed by atoms with Gasteiger partial charge in [0.15, 0.2) is 0 Å². The second kappa shape index (κ2) is 8.15. The number of rotatable bonds is 5. The second-order valence-corrected chi connectivity index (χ2v) is 8.76. The van der Waals surface area contributed by atoms with E-state index in [1.165, 1.54) is 5.56 Å². The molecular formula is C23H26N2O2S. The highest BCUT2D eigenvalue weighted by atomic mass is 32.1. The van der Waals surface area contributed by atoms with Crippen molar-refractivity contribution in [2.45, 2.75) is 39.5 Å². The minimum absolute atomic E-state index is 0.0105. The number of aromatic nitrogens is 1. The summed E-state index contributed by atoms with van der Waals surface area (Å²) in [6, 6.07) is 14.1. The number of carbonyl (C=O) groups excluding carboxylic acids is 1. The third-order valence-corrected chi connectivity index (χ3v) is 5.44. The Morgan fingerprint density at radius 2 is 1.96 bits per heavy atom. The fourth-order valence-electron chi connectivity index (χ4n) is 2.93. The van der Waals surface area contributed by atoms with Crippen LogP contribution in [-0.2, 0) is 16.6 Å². The molecule has 3 aromatic rings. The number of hydrogen-bond acceptors (Lipinski definition) is 4. The van der Waals surface area contributed by atoms with E-state index in [-0.39, 0.29) is 17.7 Å². The van der Waals surface area contributed by atoms with Crippen molar-refractivity contribution in [1.29, 1.82) is 0 Å². The van der Waals surface area contributed by atoms with Gasteiger partial charge >= 0.3 is 0 Å². The van der Waals surface area contributed by atoms with E-state index < -0.39 is 0 Å². The molecule has 3 rings (SSSR count). The summed E-state index contributed by atoms with van der Waals surface area (Å²) < 4.78 is 5.41. The molecule has 1 aromatic heterocycles. The van der Waals surface area contributed by atoms with Crippen LogP contribution in [0.15, 0.2) is 47.8 Å². The molecule has 5 heteroatoms. The van der Waals surface area contributed by atoms with Crippen molar-refractivity contribution in [2.75, 3.05) is 12.4 Å². The summed E-state index contributed by atoms with van der Waals surface area (Å²) >= 11 is 1.56. The molecule has 0 spiro atoms. The maximum absolute atomic E-state index is 12.6. The lowest BCUT2D eigenvalue weighted by Crippen LogP contribution is -2.17. The molecule has 0 saturated carbocycles. The lowest BCUT2D eigenvalue weighted by Gasteiger charge is -2.21. The molecule has 0 fully saturated rings. The normalized spacial score (nSPS) is 11.3. The number of aryl methyl sites for hydroxylation is 1. The third kappa shape index (κ3) is 4.78. The molecule has 0 aliphatic heterocycles. The molecule has 1 heterocycles. The number of amides is 1. The molecule has 28 heavy (non-hydrogen) atoms. The average molecular weight is 395 g/mol. The number of methoxy groups -OCH3 is 1. The minimum atomic E-state index is -0.106. The van der Waals surface area contributed by atoms with E-state index in [0.29, 0.717) is 11.4 Å². The van der Waals surface area contributed by atoms with E-state index >= 15 is 0 Å². The number of nitrogens with one attached hydrogen (secondary N) is 1. The van der Waals surface area contributed by atoms with Gasteiger partial charge < -0.3 is 10.1 Å². The maximum atomic E-state index is 12.6. The van der Waals surface area contributed by atoms with Crippen LogP contribution in [0.1, 0.15) is 37.6 Å². The number of benzene rings is 2. The summed E-state index contributed by atoms with van der Waals surface area (Å²) in [5.74, 6) is 0.547. The average Bonchev–Trinajstić information content (AvgIpc) is 3.09. The van der Waals surface area contributed by atoms with Gasteiger partial charge in [-0.25, -0.2) is 4.98 Å². The summed E-state index contributed by atoms with van der Waals surface area (Å²) in [6.07, 6.45) is 0.227. The van der Waals surface area contributed by atoms with E-state index in [1.807, 2.05) is 35.7 Å². The number of carbonyl (C=O) groups is 1. The largest absolute Gasteiger partial charge is 0.495 e. The van der Waals surface area contributed by atoms with Gasteiger partial charge in [-0.2, -0.15) is 0 Å². The number of thiazole rings is 1. The first-order chi connectivity index (χ1) is 13.3. The summed E-state index contributed by atoms with van der Waals surface area (Å²) in [5.41, 5.74) is 4.86. The van der Waals surface area contributed by atoms with Crippen molar-refractivity contribution in [3.05, 3.63) is 64.7 Å². The van der Waals surface area contributed by atoms with Gasteiger partial charge in [0.1, 0.15) is 10.8 Å². The smallest absolute Gasteiger partial charge is 0.230 e. The van der Waals surface area contributed by atoms with Crippen LogP contribution in [-0.4, -0.2) is 18.0 Å². The monoisotopic (exact) mass is 394 g/mol. The number of anilines is 1. The molecule has 0 aliphatic carbocycles. The molecule has 0 unspecified atom stereocenters. The highest BCUT2D eigenvalue weighted by Gasteiger charge is 2.17. The predicted molar refractivity (Wildman–Crippen MR) is 116 cm³/mol. The zero-order valence-corrected chi connectivity index (χ0v) is 17.8. The maximum Gasteiger partial charge on any atom is 0.230 e. The molecule has 146 valence electrons. The Bertz CT molecular complexity index is 986. The van der Waals surface area contributed by atoms with Crippen molar-refractivity contribution in [1.82, 2.24) is 4.98 Å². The third-order valence-electron chi connectivity index (χ3n) is 4.50. The highest BCUT2D eigenvalue weighted by molar-refractivity contribution is 7.13. The first-order valence-corrected chi connectivity index (χ1v) is 10.1. The lowest BCUT2D eigenvalue weighted by molar-refractivity contribution is -0.115. The van der Waals surface area contributed by atoms with Crippen molar-refractivity contribution in [2.24, 2.45) is 0 Å². The molecule has 0 radical (unpaired) electrons. The van der Waals surface area contributed by atoms with Gasteiger partial charge in [-0.1, -0.05) is 50.6 Å². The van der Waals surface area contributed by atoms with Crippen LogP contribution < -0.4 is 10.1 Å². The second-order valence-electron chi connectivity index (χ2n) is 7.90. The van der Waals surface area contributed by atoms with Crippen LogP contribution in [0, 0.1) is 6.92 Å². The zero-order chi connectivity index (χ0) is 20.3. The Hall–Kier alpha value is -2.66. The van der Waals surface area contributed by atoms with Gasteiger partial charge in [0, 0.05) is 10.9 Å². The molecule has 0 bridgehead atoms. The Balaban J connectivity index is 1.74. The van der Waals surface area contributed by atoms with Crippen LogP contribution in [0.4, 0.5) is 5.69 Å². The Kier molecular flexibility index (Phi) is 5.84. The van der Waals surface area contributed by atoms with E-state index in [0.717, 1.165) is 21.8 Å². The fraction of sp³-hybridized carbons (Fsp3) is 0.304. The first-order valence-electron chi connectivity index (χ1n) is 9.26. The number of ether oxygens (including phenoxy) is 1. The van der Waals surface area contributed by atoms with Crippen LogP contribution in [0.5, 0.6) is 5.75 Å². The standard InChI is InChI=1S/C23H26N2O2S/c1-15-7-6-8-16(11-15)22-24-18(14-28-22)13-21(26)25-19-12-17(23(2,3)4)9-10-20(19)27-5/h6-12,14H,13H2,1-5H3,(H,25,26). The summed E-state index contributed by atoms with van der Waals surface area (Å²) in [7, 11) is 1.61. The summed E-state index contributed by atoms with van der Waals surface area (Å²) in [5, 5.41) is 5.86. The van der Waals surface area contributed by atoms with E-state index in [1.54, 1.807) is 18.4 Å². The van der Waals surface area contributed by atoms with E-state index in [9.17, 15) is 4.79 Å². The van der Waals surface area contributed by atoms with Crippen LogP contribution in [0.3, 0.4) is 0 Å². The van der Waals surface area contributed by atoms with Crippen molar-refractivity contribution >= 4 is 22.9 Å². The topological polar surface area (TPSA) is 51.2 Å². The predicted octanol–water partition coefficient (Wildman–Crippen LogP) is 5.61. The molecule has 4 nitrogen and oxygen atoms in total. The Labute approximate surface area is 170 Å². The molecule has 1 N–H and O–H groups in total. The van der Waals surface area contributed by atoms with Crippen molar-refractivity contribution in [3.8, 4) is 16.3 Å². The van der Waals surface area contributed by atoms with Crippen molar-refractivity contribution < 1.29 is 9.53 Å². The SMILES string of the molecule is COc1ccc(C(C)(C)C)cc1NC(=O)Cc1csc(-c2cccc(C)c2)n1. The quantitative estimate of drug-likeness (QED) is 0.612. The molecule has 1 amide bonds. The fourth-order valence-corrected chi connectivity index (χ4v) is 3.75. The molecule has 0 saturated heterocycles. The van der Waals surface area contributed by atoms with Gasteiger partial charge in [-0.05, 0) is 36.1 Å². The number of nitrogens with zero attached hydrogens (tertiary/aromatic N) is 1. The van der Waals surface area contributed by atoms with Crippen LogP contribution in [0.2, 0.25) is 0 Å². The van der Waals surface area contributed by atoms with Gasteiger partial charge in [0.25, 0.3) is 0 Å². The van der Waals surface area contributed by atoms with Gasteiger partial charge in [-0.15, -0.1) is 11.3 Å². The van der Waals surface area contributed by atoms with Gasteiger partial charge in [0.05, 0.1) is 24.9 Å². The van der Waals surface area contributed by atoms with E-state index in [2.05, 4.69) is 50.1 Å².